The summed E-state index contributed by atoms with van der Waals surface area (Å²) in [5.41, 5.74) is 0.343. The molecule has 0 aromatic carbocycles. The van der Waals surface area contributed by atoms with Crippen molar-refractivity contribution in [1.29, 1.82) is 0 Å². The minimum absolute atomic E-state index is 0.102. The average Bonchev–Trinajstić information content (AvgIpc) is 2.56. The maximum absolute atomic E-state index is 12.1. The molecule has 7 heteroatoms. The van der Waals surface area contributed by atoms with Crippen LogP contribution in [0.2, 0.25) is 4.47 Å². The van der Waals surface area contributed by atoms with E-state index in [4.69, 9.17) is 11.6 Å². The number of aromatic nitrogens is 1. The summed E-state index contributed by atoms with van der Waals surface area (Å²) < 4.78 is 27.4. The van der Waals surface area contributed by atoms with Gasteiger partial charge in [-0.1, -0.05) is 50.6 Å². The van der Waals surface area contributed by atoms with Crippen molar-refractivity contribution in [2.24, 2.45) is 11.3 Å². The van der Waals surface area contributed by atoms with Crippen LogP contribution < -0.4 is 4.72 Å². The number of aryl methyl sites for hydroxylation is 1. The molecule has 1 heterocycles. The minimum atomic E-state index is -3.52. The quantitative estimate of drug-likeness (QED) is 0.909. The van der Waals surface area contributed by atoms with Crippen molar-refractivity contribution in [3.8, 4) is 0 Å². The van der Waals surface area contributed by atoms with E-state index < -0.39 is 10.0 Å². The maximum Gasteiger partial charge on any atom is 0.252 e. The molecule has 0 saturated carbocycles. The number of halogens is 1. The molecule has 1 N–H and O–H groups in total. The van der Waals surface area contributed by atoms with Gasteiger partial charge in [0.25, 0.3) is 10.0 Å². The number of hydrogen-bond acceptors (Lipinski definition) is 4. The maximum atomic E-state index is 12.1. The van der Waals surface area contributed by atoms with Gasteiger partial charge < -0.3 is 0 Å². The fourth-order valence-corrected chi connectivity index (χ4v) is 4.16. The number of nitrogens with zero attached hydrogens (tertiary/aromatic N) is 1. The Morgan fingerprint density at radius 2 is 2.00 bits per heavy atom. The summed E-state index contributed by atoms with van der Waals surface area (Å²) in [7, 11) is -3.52. The van der Waals surface area contributed by atoms with E-state index >= 15 is 0 Å². The third kappa shape index (κ3) is 3.66. The third-order valence-corrected chi connectivity index (χ3v) is 6.53. The Morgan fingerprint density at radius 1 is 1.44 bits per heavy atom. The van der Waals surface area contributed by atoms with Crippen LogP contribution in [0.3, 0.4) is 0 Å². The van der Waals surface area contributed by atoms with Crippen LogP contribution in [0.15, 0.2) is 4.21 Å². The Labute approximate surface area is 118 Å². The zero-order valence-electron chi connectivity index (χ0n) is 11.2. The molecule has 0 unspecified atom stereocenters. The summed E-state index contributed by atoms with van der Waals surface area (Å²) >= 11 is 6.71. The van der Waals surface area contributed by atoms with Crippen molar-refractivity contribution in [1.82, 2.24) is 9.71 Å². The summed E-state index contributed by atoms with van der Waals surface area (Å²) in [6.45, 7) is 10.2. The second-order valence-corrected chi connectivity index (χ2v) is 8.85. The minimum Gasteiger partial charge on any atom is -0.229 e. The highest BCUT2D eigenvalue weighted by Gasteiger charge is 2.27. The van der Waals surface area contributed by atoms with Crippen molar-refractivity contribution in [3.05, 3.63) is 10.2 Å². The van der Waals surface area contributed by atoms with Gasteiger partial charge in [-0.3, -0.25) is 0 Å². The number of hydrogen-bond donors (Lipinski definition) is 1. The lowest BCUT2D eigenvalue weighted by Gasteiger charge is -2.29. The van der Waals surface area contributed by atoms with Gasteiger partial charge in [0.2, 0.25) is 0 Å². The van der Waals surface area contributed by atoms with E-state index in [9.17, 15) is 8.42 Å². The van der Waals surface area contributed by atoms with Gasteiger partial charge in [-0.25, -0.2) is 18.1 Å². The summed E-state index contributed by atoms with van der Waals surface area (Å²) in [6.07, 6.45) is 0. The molecule has 1 aromatic rings. The summed E-state index contributed by atoms with van der Waals surface area (Å²) in [6, 6.07) is 0. The van der Waals surface area contributed by atoms with E-state index in [0.29, 0.717) is 18.2 Å². The van der Waals surface area contributed by atoms with Crippen LogP contribution in [-0.4, -0.2) is 19.9 Å². The Morgan fingerprint density at radius 3 is 2.39 bits per heavy atom. The van der Waals surface area contributed by atoms with Gasteiger partial charge in [-0.05, 0) is 18.3 Å². The highest BCUT2D eigenvalue weighted by Crippen LogP contribution is 2.29. The first-order chi connectivity index (χ1) is 8.06. The van der Waals surface area contributed by atoms with Gasteiger partial charge >= 0.3 is 0 Å². The molecule has 18 heavy (non-hydrogen) atoms. The van der Waals surface area contributed by atoms with Gasteiger partial charge in [-0.15, -0.1) is 0 Å². The lowest BCUT2D eigenvalue weighted by atomic mass is 9.81. The highest BCUT2D eigenvalue weighted by atomic mass is 35.5. The first-order valence-corrected chi connectivity index (χ1v) is 8.36. The second kappa shape index (κ2) is 5.45. The summed E-state index contributed by atoms with van der Waals surface area (Å²) in [5, 5.41) is 0. The van der Waals surface area contributed by atoms with Crippen molar-refractivity contribution >= 4 is 33.0 Å². The van der Waals surface area contributed by atoms with Crippen LogP contribution in [0.5, 0.6) is 0 Å². The Bertz CT molecular complexity index is 521. The Hall–Kier alpha value is -0.170. The molecule has 0 spiro atoms. The number of sulfonamides is 1. The standard InChI is InChI=1S/C11H19ClN2O2S2/c1-7(2)11(4,5)6-13-18(15,16)9-8(3)14-10(12)17-9/h7,13H,6H2,1-5H3. The van der Waals surface area contributed by atoms with Crippen molar-refractivity contribution in [3.63, 3.8) is 0 Å². The number of rotatable bonds is 5. The molecule has 0 fully saturated rings. The van der Waals surface area contributed by atoms with Gasteiger partial charge in [-0.2, -0.15) is 0 Å². The van der Waals surface area contributed by atoms with Gasteiger partial charge in [0, 0.05) is 6.54 Å². The second-order valence-electron chi connectivity index (χ2n) is 5.31. The monoisotopic (exact) mass is 310 g/mol. The molecule has 0 saturated heterocycles. The molecule has 0 bridgehead atoms. The summed E-state index contributed by atoms with van der Waals surface area (Å²) in [5.74, 6) is 0.381. The van der Waals surface area contributed by atoms with Gasteiger partial charge in [0.05, 0.1) is 5.69 Å². The van der Waals surface area contributed by atoms with Gasteiger partial charge in [0.1, 0.15) is 0 Å². The van der Waals surface area contributed by atoms with E-state index in [1.165, 1.54) is 0 Å². The normalized spacial score (nSPS) is 13.3. The van der Waals surface area contributed by atoms with Crippen molar-refractivity contribution in [2.45, 2.75) is 38.8 Å². The molecule has 1 aromatic heterocycles. The lowest BCUT2D eigenvalue weighted by Crippen LogP contribution is -2.36. The largest absolute Gasteiger partial charge is 0.252 e. The summed E-state index contributed by atoms with van der Waals surface area (Å²) in [4.78, 5) is 3.92. The SMILES string of the molecule is Cc1nc(Cl)sc1S(=O)(=O)NCC(C)(C)C(C)C. The number of nitrogens with one attached hydrogen (secondary N) is 1. The fourth-order valence-electron chi connectivity index (χ4n) is 1.15. The molecule has 0 aliphatic heterocycles. The van der Waals surface area contributed by atoms with E-state index in [2.05, 4.69) is 23.6 Å². The Kier molecular flexibility index (Phi) is 4.81. The van der Waals surface area contributed by atoms with E-state index in [1.807, 2.05) is 13.8 Å². The smallest absolute Gasteiger partial charge is 0.229 e. The fraction of sp³-hybridized carbons (Fsp3) is 0.727. The van der Waals surface area contributed by atoms with E-state index in [1.54, 1.807) is 6.92 Å². The zero-order chi connectivity index (χ0) is 14.1. The first-order valence-electron chi connectivity index (χ1n) is 5.69. The topological polar surface area (TPSA) is 59.1 Å². The molecular weight excluding hydrogens is 292 g/mol. The van der Waals surface area contributed by atoms with Crippen LogP contribution in [0.25, 0.3) is 0 Å². The molecule has 0 aliphatic carbocycles. The predicted octanol–water partition coefficient (Wildman–Crippen LogP) is 3.07. The molecule has 0 radical (unpaired) electrons. The Balaban J connectivity index is 2.88. The van der Waals surface area contributed by atoms with Gasteiger partial charge in [0.15, 0.2) is 8.68 Å². The zero-order valence-corrected chi connectivity index (χ0v) is 13.6. The molecule has 0 amide bonds. The molecule has 104 valence electrons. The van der Waals surface area contributed by atoms with Crippen LogP contribution in [0, 0.1) is 18.3 Å². The van der Waals surface area contributed by atoms with Crippen molar-refractivity contribution < 1.29 is 8.42 Å². The van der Waals surface area contributed by atoms with Crippen LogP contribution in [-0.2, 0) is 10.0 Å². The van der Waals surface area contributed by atoms with E-state index in [0.717, 1.165) is 11.3 Å². The van der Waals surface area contributed by atoms with Crippen molar-refractivity contribution in [2.75, 3.05) is 6.54 Å². The van der Waals surface area contributed by atoms with Crippen LogP contribution in [0.1, 0.15) is 33.4 Å². The predicted molar refractivity (Wildman–Crippen MR) is 75.7 cm³/mol. The van der Waals surface area contributed by atoms with Crippen LogP contribution in [0.4, 0.5) is 0 Å². The van der Waals surface area contributed by atoms with Crippen LogP contribution >= 0.6 is 22.9 Å². The lowest BCUT2D eigenvalue weighted by molar-refractivity contribution is 0.252. The third-order valence-electron chi connectivity index (χ3n) is 3.25. The average molecular weight is 311 g/mol. The first kappa shape index (κ1) is 15.9. The molecule has 1 rings (SSSR count). The number of thiazole rings is 1. The highest BCUT2D eigenvalue weighted by molar-refractivity contribution is 7.91. The molecule has 4 nitrogen and oxygen atoms in total. The van der Waals surface area contributed by atoms with E-state index in [-0.39, 0.29) is 14.1 Å². The molecule has 0 aliphatic rings. The molecule has 0 atom stereocenters. The molecular formula is C11H19ClN2O2S2.